The molecule has 1 aliphatic carbocycles. The fraction of sp³-hybridized carbons (Fsp3) is 0.957. The number of piperidine rings is 2. The third-order valence-electron chi connectivity index (χ3n) is 8.04. The number of hydrogen-bond donors (Lipinski definition) is 6. The molecule has 0 aromatic carbocycles. The van der Waals surface area contributed by atoms with E-state index in [1.165, 1.54) is 25.8 Å². The van der Waals surface area contributed by atoms with Gasteiger partial charge in [-0.15, -0.1) is 0 Å². The molecule has 8 nitrogen and oxygen atoms in total. The standard InChI is InChI=1S/C23H44N6O2/c1-15-5-7-18(27-22(30)17-6-8-21(31-2)26-14-17)12-20(15)29-23-25-11-9-19(28-23)16-4-3-10-24-13-16/h15-21,23-26,28-29H,3-14H2,1-2H3,(H,27,30). The first kappa shape index (κ1) is 23.4. The maximum absolute atomic E-state index is 12.8. The van der Waals surface area contributed by atoms with E-state index in [0.717, 1.165) is 51.1 Å². The van der Waals surface area contributed by atoms with E-state index >= 15 is 0 Å². The summed E-state index contributed by atoms with van der Waals surface area (Å²) in [7, 11) is 1.72. The molecule has 0 spiro atoms. The highest BCUT2D eigenvalue weighted by Crippen LogP contribution is 2.26. The summed E-state index contributed by atoms with van der Waals surface area (Å²) >= 11 is 0. The quantitative estimate of drug-likeness (QED) is 0.360. The molecule has 1 saturated carbocycles. The number of hydrogen-bond acceptors (Lipinski definition) is 7. The number of nitrogens with one attached hydrogen (secondary N) is 6. The summed E-state index contributed by atoms with van der Waals surface area (Å²) in [6.45, 7) is 6.42. The third kappa shape index (κ3) is 6.39. The number of rotatable bonds is 6. The van der Waals surface area contributed by atoms with Crippen LogP contribution in [0.1, 0.15) is 58.3 Å². The van der Waals surface area contributed by atoms with E-state index in [2.05, 4.69) is 38.8 Å². The number of carbonyl (C=O) groups is 1. The van der Waals surface area contributed by atoms with Gasteiger partial charge in [0.05, 0.1) is 5.92 Å². The monoisotopic (exact) mass is 436 g/mol. The van der Waals surface area contributed by atoms with Crippen molar-refractivity contribution in [2.24, 2.45) is 17.8 Å². The number of ether oxygens (including phenoxy) is 1. The molecule has 6 N–H and O–H groups in total. The second kappa shape index (κ2) is 11.4. The Hall–Kier alpha value is -0.770. The van der Waals surface area contributed by atoms with E-state index in [9.17, 15) is 4.79 Å². The van der Waals surface area contributed by atoms with Gasteiger partial charge in [-0.3, -0.25) is 26.1 Å². The topological polar surface area (TPSA) is 98.5 Å². The molecule has 3 saturated heterocycles. The van der Waals surface area contributed by atoms with Crippen LogP contribution in [0.4, 0.5) is 0 Å². The van der Waals surface area contributed by atoms with Crippen LogP contribution in [-0.4, -0.2) is 69.8 Å². The van der Waals surface area contributed by atoms with E-state index in [-0.39, 0.29) is 30.4 Å². The lowest BCUT2D eigenvalue weighted by molar-refractivity contribution is -0.127. The van der Waals surface area contributed by atoms with Crippen LogP contribution in [0.5, 0.6) is 0 Å². The molecule has 1 amide bonds. The van der Waals surface area contributed by atoms with Gasteiger partial charge in [0.25, 0.3) is 0 Å². The fourth-order valence-corrected chi connectivity index (χ4v) is 5.91. The van der Waals surface area contributed by atoms with Crippen molar-refractivity contribution in [2.75, 3.05) is 33.3 Å². The minimum absolute atomic E-state index is 0.0590. The van der Waals surface area contributed by atoms with Gasteiger partial charge in [0.15, 0.2) is 0 Å². The highest BCUT2D eigenvalue weighted by molar-refractivity contribution is 5.79. The third-order valence-corrected chi connectivity index (χ3v) is 8.04. The first-order valence-electron chi connectivity index (χ1n) is 12.6. The van der Waals surface area contributed by atoms with E-state index < -0.39 is 0 Å². The van der Waals surface area contributed by atoms with E-state index in [1.54, 1.807) is 7.11 Å². The first-order chi connectivity index (χ1) is 15.1. The molecule has 0 radical (unpaired) electrons. The second-order valence-corrected chi connectivity index (χ2v) is 10.2. The summed E-state index contributed by atoms with van der Waals surface area (Å²) in [6.07, 6.45) is 9.10. The second-order valence-electron chi connectivity index (χ2n) is 10.2. The van der Waals surface area contributed by atoms with Crippen molar-refractivity contribution >= 4 is 5.91 Å². The Morgan fingerprint density at radius 2 is 1.90 bits per heavy atom. The van der Waals surface area contributed by atoms with Crippen LogP contribution in [-0.2, 0) is 9.53 Å². The minimum atomic E-state index is 0.0590. The Morgan fingerprint density at radius 1 is 1.00 bits per heavy atom. The molecule has 0 aromatic heterocycles. The predicted molar refractivity (Wildman–Crippen MR) is 122 cm³/mol. The van der Waals surface area contributed by atoms with Gasteiger partial charge in [-0.1, -0.05) is 6.92 Å². The van der Waals surface area contributed by atoms with Crippen LogP contribution >= 0.6 is 0 Å². The van der Waals surface area contributed by atoms with Gasteiger partial charge in [0.1, 0.15) is 12.5 Å². The average Bonchev–Trinajstić information content (AvgIpc) is 2.82. The van der Waals surface area contributed by atoms with Crippen LogP contribution in [0, 0.1) is 17.8 Å². The van der Waals surface area contributed by atoms with Crippen LogP contribution in [0.2, 0.25) is 0 Å². The van der Waals surface area contributed by atoms with Gasteiger partial charge >= 0.3 is 0 Å². The molecule has 4 aliphatic rings. The summed E-state index contributed by atoms with van der Waals surface area (Å²) < 4.78 is 5.35. The largest absolute Gasteiger partial charge is 0.367 e. The summed E-state index contributed by atoms with van der Waals surface area (Å²) in [5, 5.41) is 21.6. The van der Waals surface area contributed by atoms with Gasteiger partial charge < -0.3 is 15.4 Å². The van der Waals surface area contributed by atoms with Gasteiger partial charge in [0.2, 0.25) is 5.91 Å². The van der Waals surface area contributed by atoms with Crippen molar-refractivity contribution in [3.8, 4) is 0 Å². The molecule has 3 aliphatic heterocycles. The molecule has 8 unspecified atom stereocenters. The minimum Gasteiger partial charge on any atom is -0.367 e. The van der Waals surface area contributed by atoms with Crippen molar-refractivity contribution in [3.05, 3.63) is 0 Å². The molecule has 0 bridgehead atoms. The highest BCUT2D eigenvalue weighted by Gasteiger charge is 2.34. The number of carbonyl (C=O) groups excluding carboxylic acids is 1. The van der Waals surface area contributed by atoms with Gasteiger partial charge in [-0.25, -0.2) is 0 Å². The maximum atomic E-state index is 12.8. The summed E-state index contributed by atoms with van der Waals surface area (Å²) in [4.78, 5) is 12.8. The molecule has 0 aromatic rings. The summed E-state index contributed by atoms with van der Waals surface area (Å²) in [5.74, 6) is 1.62. The molecule has 4 rings (SSSR count). The molecule has 4 fully saturated rings. The summed E-state index contributed by atoms with van der Waals surface area (Å²) in [6, 6.07) is 1.26. The van der Waals surface area contributed by atoms with Crippen molar-refractivity contribution in [1.29, 1.82) is 0 Å². The normalized spacial score (nSPS) is 42.1. The Balaban J connectivity index is 1.24. The lowest BCUT2D eigenvalue weighted by Crippen LogP contribution is -2.66. The van der Waals surface area contributed by atoms with Crippen LogP contribution < -0.4 is 31.9 Å². The van der Waals surface area contributed by atoms with Crippen molar-refractivity contribution in [3.63, 3.8) is 0 Å². The first-order valence-corrected chi connectivity index (χ1v) is 12.6. The zero-order valence-electron chi connectivity index (χ0n) is 19.4. The fourth-order valence-electron chi connectivity index (χ4n) is 5.91. The highest BCUT2D eigenvalue weighted by atomic mass is 16.5. The lowest BCUT2D eigenvalue weighted by atomic mass is 9.82. The van der Waals surface area contributed by atoms with Crippen molar-refractivity contribution < 1.29 is 9.53 Å². The van der Waals surface area contributed by atoms with Crippen LogP contribution in [0.15, 0.2) is 0 Å². The van der Waals surface area contributed by atoms with Crippen molar-refractivity contribution in [1.82, 2.24) is 31.9 Å². The molecule has 8 heteroatoms. The molecule has 178 valence electrons. The Labute approximate surface area is 187 Å². The smallest absolute Gasteiger partial charge is 0.224 e. The number of amides is 1. The molecule has 3 heterocycles. The van der Waals surface area contributed by atoms with Gasteiger partial charge in [0, 0.05) is 31.8 Å². The zero-order valence-corrected chi connectivity index (χ0v) is 19.4. The predicted octanol–water partition coefficient (Wildman–Crippen LogP) is 0.456. The van der Waals surface area contributed by atoms with Crippen molar-refractivity contribution in [2.45, 2.75) is 88.9 Å². The van der Waals surface area contributed by atoms with E-state index in [0.29, 0.717) is 24.5 Å². The number of methoxy groups -OCH3 is 1. The Morgan fingerprint density at radius 3 is 2.65 bits per heavy atom. The summed E-state index contributed by atoms with van der Waals surface area (Å²) in [5.41, 5.74) is 0. The van der Waals surface area contributed by atoms with Gasteiger partial charge in [-0.05, 0) is 82.8 Å². The average molecular weight is 437 g/mol. The van der Waals surface area contributed by atoms with E-state index in [4.69, 9.17) is 4.74 Å². The van der Waals surface area contributed by atoms with Gasteiger partial charge in [-0.2, -0.15) is 0 Å². The Kier molecular flexibility index (Phi) is 8.59. The lowest BCUT2D eigenvalue weighted by Gasteiger charge is -2.43. The van der Waals surface area contributed by atoms with E-state index in [1.807, 2.05) is 0 Å². The zero-order chi connectivity index (χ0) is 21.6. The molecular formula is C23H44N6O2. The Bertz CT molecular complexity index is 564. The maximum Gasteiger partial charge on any atom is 0.224 e. The SMILES string of the molecule is COC1CCC(C(=O)NC2CCC(C)C(NC3NCCC(C4CCCNC4)N3)C2)CN1. The molecule has 31 heavy (non-hydrogen) atoms. The van der Waals surface area contributed by atoms with Crippen LogP contribution in [0.25, 0.3) is 0 Å². The molecular weight excluding hydrogens is 392 g/mol. The van der Waals surface area contributed by atoms with Crippen LogP contribution in [0.3, 0.4) is 0 Å². The molecule has 8 atom stereocenters.